The normalized spacial score (nSPS) is 10.8. The number of nitrogens with zero attached hydrogens (tertiary/aromatic N) is 3. The molecule has 3 rings (SSSR count). The number of anilines is 2. The van der Waals surface area contributed by atoms with E-state index in [0.717, 1.165) is 40.9 Å². The summed E-state index contributed by atoms with van der Waals surface area (Å²) in [7, 11) is 2.00. The first-order valence-electron chi connectivity index (χ1n) is 6.58. The van der Waals surface area contributed by atoms with Gasteiger partial charge in [-0.1, -0.05) is 0 Å². The Labute approximate surface area is 117 Å². The SMILES string of the molecule is Cn1ccnc1CCNc1ccc(N)c2ccncc12. The van der Waals surface area contributed by atoms with Crippen LogP contribution in [0.4, 0.5) is 11.4 Å². The molecular weight excluding hydrogens is 250 g/mol. The zero-order chi connectivity index (χ0) is 13.9. The Balaban J connectivity index is 1.78. The van der Waals surface area contributed by atoms with Crippen molar-refractivity contribution in [1.29, 1.82) is 0 Å². The van der Waals surface area contributed by atoms with E-state index in [-0.39, 0.29) is 0 Å². The van der Waals surface area contributed by atoms with Gasteiger partial charge in [-0.15, -0.1) is 0 Å². The van der Waals surface area contributed by atoms with E-state index >= 15 is 0 Å². The lowest BCUT2D eigenvalue weighted by Crippen LogP contribution is -2.09. The molecule has 0 aliphatic carbocycles. The van der Waals surface area contributed by atoms with Crippen LogP contribution in [0.25, 0.3) is 10.8 Å². The Bertz CT molecular complexity index is 732. The van der Waals surface area contributed by atoms with Crippen LogP contribution in [0.2, 0.25) is 0 Å². The third-order valence-electron chi connectivity index (χ3n) is 3.44. The molecule has 0 amide bonds. The average molecular weight is 267 g/mol. The first kappa shape index (κ1) is 12.5. The first-order chi connectivity index (χ1) is 9.75. The average Bonchev–Trinajstić information content (AvgIpc) is 2.87. The summed E-state index contributed by atoms with van der Waals surface area (Å²) in [6.07, 6.45) is 8.25. The maximum Gasteiger partial charge on any atom is 0.110 e. The minimum Gasteiger partial charge on any atom is -0.398 e. The van der Waals surface area contributed by atoms with Gasteiger partial charge in [0.2, 0.25) is 0 Å². The molecule has 102 valence electrons. The fourth-order valence-electron chi connectivity index (χ4n) is 2.31. The topological polar surface area (TPSA) is 68.8 Å². The largest absolute Gasteiger partial charge is 0.398 e. The summed E-state index contributed by atoms with van der Waals surface area (Å²) in [5.74, 6) is 1.07. The molecule has 0 saturated heterocycles. The van der Waals surface area contributed by atoms with Gasteiger partial charge in [-0.25, -0.2) is 4.98 Å². The van der Waals surface area contributed by atoms with E-state index in [1.807, 2.05) is 48.4 Å². The number of nitrogens with two attached hydrogens (primary N) is 1. The fourth-order valence-corrected chi connectivity index (χ4v) is 2.31. The smallest absolute Gasteiger partial charge is 0.110 e. The molecule has 0 aliphatic heterocycles. The Morgan fingerprint density at radius 2 is 2.10 bits per heavy atom. The Kier molecular flexibility index (Phi) is 3.25. The van der Waals surface area contributed by atoms with Gasteiger partial charge in [-0.2, -0.15) is 0 Å². The Morgan fingerprint density at radius 3 is 2.90 bits per heavy atom. The van der Waals surface area contributed by atoms with Gasteiger partial charge >= 0.3 is 0 Å². The van der Waals surface area contributed by atoms with Crippen molar-refractivity contribution < 1.29 is 0 Å². The minimum absolute atomic E-state index is 0.775. The molecule has 5 nitrogen and oxygen atoms in total. The molecular formula is C15H17N5. The van der Waals surface area contributed by atoms with Gasteiger partial charge in [0.05, 0.1) is 0 Å². The lowest BCUT2D eigenvalue weighted by molar-refractivity contribution is 0.790. The van der Waals surface area contributed by atoms with Gasteiger partial charge in [-0.3, -0.25) is 4.98 Å². The summed E-state index contributed by atoms with van der Waals surface area (Å²) in [5, 5.41) is 5.51. The highest BCUT2D eigenvalue weighted by Gasteiger charge is 2.04. The molecule has 20 heavy (non-hydrogen) atoms. The van der Waals surface area contributed by atoms with E-state index in [1.54, 1.807) is 6.20 Å². The molecule has 0 unspecified atom stereocenters. The maximum absolute atomic E-state index is 5.98. The third-order valence-corrected chi connectivity index (χ3v) is 3.44. The summed E-state index contributed by atoms with van der Waals surface area (Å²) in [5.41, 5.74) is 7.81. The number of aryl methyl sites for hydroxylation is 1. The number of fused-ring (bicyclic) bond motifs is 1. The van der Waals surface area contributed by atoms with Gasteiger partial charge in [-0.05, 0) is 18.2 Å². The van der Waals surface area contributed by atoms with E-state index in [1.165, 1.54) is 0 Å². The molecule has 2 heterocycles. The van der Waals surface area contributed by atoms with Crippen LogP contribution in [0.5, 0.6) is 0 Å². The monoisotopic (exact) mass is 267 g/mol. The molecule has 0 radical (unpaired) electrons. The fraction of sp³-hybridized carbons (Fsp3) is 0.200. The molecule has 0 aliphatic rings. The van der Waals surface area contributed by atoms with Crippen LogP contribution in [0.15, 0.2) is 43.0 Å². The number of rotatable bonds is 4. The molecule has 3 N–H and O–H groups in total. The van der Waals surface area contributed by atoms with Crippen LogP contribution in [0.3, 0.4) is 0 Å². The van der Waals surface area contributed by atoms with Gasteiger partial charge in [0.1, 0.15) is 5.82 Å². The molecule has 0 bridgehead atoms. The second kappa shape index (κ2) is 5.21. The van der Waals surface area contributed by atoms with Crippen molar-refractivity contribution in [3.05, 3.63) is 48.8 Å². The number of hydrogen-bond acceptors (Lipinski definition) is 4. The zero-order valence-corrected chi connectivity index (χ0v) is 11.4. The highest BCUT2D eigenvalue weighted by molar-refractivity contribution is 6.00. The Morgan fingerprint density at radius 1 is 1.20 bits per heavy atom. The van der Waals surface area contributed by atoms with Crippen molar-refractivity contribution in [1.82, 2.24) is 14.5 Å². The summed E-state index contributed by atoms with van der Waals surface area (Å²) in [6, 6.07) is 5.86. The van der Waals surface area contributed by atoms with Gasteiger partial charge < -0.3 is 15.6 Å². The number of nitrogens with one attached hydrogen (secondary N) is 1. The van der Waals surface area contributed by atoms with Gasteiger partial charge in [0, 0.05) is 66.9 Å². The predicted molar refractivity (Wildman–Crippen MR) is 81.6 cm³/mol. The number of aromatic nitrogens is 3. The molecule has 0 fully saturated rings. The lowest BCUT2D eigenvalue weighted by Gasteiger charge is -2.11. The quantitative estimate of drug-likeness (QED) is 0.711. The minimum atomic E-state index is 0.775. The van der Waals surface area contributed by atoms with Crippen LogP contribution >= 0.6 is 0 Å². The van der Waals surface area contributed by atoms with Crippen LogP contribution in [-0.4, -0.2) is 21.1 Å². The van der Waals surface area contributed by atoms with Crippen molar-refractivity contribution in [3.63, 3.8) is 0 Å². The van der Waals surface area contributed by atoms with Crippen molar-refractivity contribution in [2.24, 2.45) is 7.05 Å². The van der Waals surface area contributed by atoms with E-state index < -0.39 is 0 Å². The van der Waals surface area contributed by atoms with Crippen molar-refractivity contribution >= 4 is 22.1 Å². The highest BCUT2D eigenvalue weighted by Crippen LogP contribution is 2.27. The molecule has 0 atom stereocenters. The van der Waals surface area contributed by atoms with Gasteiger partial charge in [0.25, 0.3) is 0 Å². The number of hydrogen-bond donors (Lipinski definition) is 2. The van der Waals surface area contributed by atoms with Crippen molar-refractivity contribution in [2.75, 3.05) is 17.6 Å². The van der Waals surface area contributed by atoms with E-state index in [9.17, 15) is 0 Å². The van der Waals surface area contributed by atoms with Crippen molar-refractivity contribution in [2.45, 2.75) is 6.42 Å². The predicted octanol–water partition coefficient (Wildman–Crippen LogP) is 2.21. The standard InChI is InChI=1S/C15H17N5/c1-20-9-8-19-15(20)5-7-18-14-3-2-13(16)11-4-6-17-10-12(11)14/h2-4,6,8-10,18H,5,7,16H2,1H3. The maximum atomic E-state index is 5.98. The number of nitrogen functional groups attached to an aromatic ring is 1. The molecule has 2 aromatic heterocycles. The number of pyridine rings is 1. The van der Waals surface area contributed by atoms with Gasteiger partial charge in [0.15, 0.2) is 0 Å². The second-order valence-electron chi connectivity index (χ2n) is 4.75. The Hall–Kier alpha value is -2.56. The molecule has 3 aromatic rings. The highest BCUT2D eigenvalue weighted by atomic mass is 15.0. The van der Waals surface area contributed by atoms with Crippen LogP contribution in [0.1, 0.15) is 5.82 Å². The molecule has 0 saturated carbocycles. The summed E-state index contributed by atoms with van der Waals surface area (Å²) in [6.45, 7) is 0.818. The first-order valence-corrected chi connectivity index (χ1v) is 6.58. The molecule has 5 heteroatoms. The molecule has 1 aromatic carbocycles. The number of benzene rings is 1. The second-order valence-corrected chi connectivity index (χ2v) is 4.75. The van der Waals surface area contributed by atoms with E-state index in [4.69, 9.17) is 5.73 Å². The number of imidazole rings is 1. The summed E-state index contributed by atoms with van der Waals surface area (Å²) in [4.78, 5) is 8.49. The van der Waals surface area contributed by atoms with Crippen LogP contribution < -0.4 is 11.1 Å². The molecule has 0 spiro atoms. The van der Waals surface area contributed by atoms with E-state index in [0.29, 0.717) is 0 Å². The van der Waals surface area contributed by atoms with Crippen LogP contribution in [-0.2, 0) is 13.5 Å². The van der Waals surface area contributed by atoms with Crippen molar-refractivity contribution in [3.8, 4) is 0 Å². The summed E-state index contributed by atoms with van der Waals surface area (Å²) >= 11 is 0. The zero-order valence-electron chi connectivity index (χ0n) is 11.4. The van der Waals surface area contributed by atoms with Crippen LogP contribution in [0, 0.1) is 0 Å². The third kappa shape index (κ3) is 2.30. The lowest BCUT2D eigenvalue weighted by atomic mass is 10.1. The summed E-state index contributed by atoms with van der Waals surface area (Å²) < 4.78 is 2.03. The van der Waals surface area contributed by atoms with E-state index in [2.05, 4.69) is 15.3 Å².